The van der Waals surface area contributed by atoms with Crippen molar-refractivity contribution in [1.29, 1.82) is 0 Å². The lowest BCUT2D eigenvalue weighted by molar-refractivity contribution is 0.0903. The average molecular weight is 519 g/mol. The standard InChI is InChI=1S/C29H38N6O3/c1-18-14-20(4-9-24(18)29(37)33-21-5-6-21)25-17-31-35-27(30-16-19-2-7-23(36)8-3-19)15-26(34-28(25)35)32-22-10-12-38-13-11-22/h4,9,14-15,17,19,21-23,30,36H,2-3,5-8,10-13,16H2,1H3,(H,32,34)(H,33,37)/t19-,23-. The molecule has 6 rings (SSSR count). The minimum absolute atomic E-state index is 0.000736. The van der Waals surface area contributed by atoms with E-state index >= 15 is 0 Å². The van der Waals surface area contributed by atoms with Gasteiger partial charge in [-0.1, -0.05) is 12.1 Å². The maximum absolute atomic E-state index is 12.6. The topological polar surface area (TPSA) is 113 Å². The summed E-state index contributed by atoms with van der Waals surface area (Å²) in [6.45, 7) is 4.34. The second-order valence-corrected chi connectivity index (χ2v) is 11.2. The number of carbonyl (C=O) groups excluding carboxylic acids is 1. The minimum atomic E-state index is -0.155. The third kappa shape index (κ3) is 5.63. The molecule has 38 heavy (non-hydrogen) atoms. The van der Waals surface area contributed by atoms with Crippen molar-refractivity contribution >= 4 is 23.2 Å². The number of aromatic nitrogens is 3. The van der Waals surface area contributed by atoms with Crippen molar-refractivity contribution in [3.63, 3.8) is 0 Å². The summed E-state index contributed by atoms with van der Waals surface area (Å²) in [5.41, 5.74) is 4.35. The molecule has 202 valence electrons. The van der Waals surface area contributed by atoms with Gasteiger partial charge in [0.25, 0.3) is 5.91 Å². The molecular formula is C29H38N6O3. The summed E-state index contributed by atoms with van der Waals surface area (Å²) in [5.74, 6) is 2.25. The molecule has 0 spiro atoms. The third-order valence-electron chi connectivity index (χ3n) is 8.13. The zero-order valence-corrected chi connectivity index (χ0v) is 22.1. The molecule has 4 N–H and O–H groups in total. The van der Waals surface area contributed by atoms with E-state index in [0.717, 1.165) is 105 Å². The van der Waals surface area contributed by atoms with E-state index in [1.807, 2.05) is 35.8 Å². The second kappa shape index (κ2) is 10.9. The smallest absolute Gasteiger partial charge is 0.251 e. The van der Waals surface area contributed by atoms with Crippen molar-refractivity contribution in [1.82, 2.24) is 19.9 Å². The van der Waals surface area contributed by atoms with Gasteiger partial charge in [-0.05, 0) is 81.4 Å². The van der Waals surface area contributed by atoms with E-state index in [2.05, 4.69) is 22.0 Å². The fourth-order valence-corrected chi connectivity index (χ4v) is 5.59. The van der Waals surface area contributed by atoms with Crippen LogP contribution in [-0.2, 0) is 4.74 Å². The number of nitrogens with zero attached hydrogens (tertiary/aromatic N) is 3. The van der Waals surface area contributed by atoms with E-state index in [9.17, 15) is 9.90 Å². The van der Waals surface area contributed by atoms with E-state index in [1.54, 1.807) is 0 Å². The quantitative estimate of drug-likeness (QED) is 0.354. The average Bonchev–Trinajstić information content (AvgIpc) is 3.63. The lowest BCUT2D eigenvalue weighted by atomic mass is 9.87. The summed E-state index contributed by atoms with van der Waals surface area (Å²) < 4.78 is 7.42. The number of hydrogen-bond donors (Lipinski definition) is 4. The van der Waals surface area contributed by atoms with Crippen LogP contribution < -0.4 is 16.0 Å². The highest BCUT2D eigenvalue weighted by molar-refractivity contribution is 5.97. The summed E-state index contributed by atoms with van der Waals surface area (Å²) in [6, 6.07) is 8.66. The lowest BCUT2D eigenvalue weighted by Gasteiger charge is -2.26. The first-order chi connectivity index (χ1) is 18.5. The first-order valence-corrected chi connectivity index (χ1v) is 14.1. The van der Waals surface area contributed by atoms with Gasteiger partial charge in [-0.15, -0.1) is 0 Å². The Balaban J connectivity index is 1.29. The Bertz CT molecular complexity index is 1290. The van der Waals surface area contributed by atoms with Gasteiger partial charge in [-0.3, -0.25) is 4.79 Å². The van der Waals surface area contributed by atoms with Crippen LogP contribution in [0.1, 0.15) is 67.3 Å². The first-order valence-electron chi connectivity index (χ1n) is 14.1. The van der Waals surface area contributed by atoms with Gasteiger partial charge >= 0.3 is 0 Å². The van der Waals surface area contributed by atoms with Crippen LogP contribution in [0.5, 0.6) is 0 Å². The van der Waals surface area contributed by atoms with Gasteiger partial charge in [-0.25, -0.2) is 4.98 Å². The van der Waals surface area contributed by atoms with Crippen LogP contribution in [0.25, 0.3) is 16.8 Å². The number of nitrogens with one attached hydrogen (secondary N) is 3. The summed E-state index contributed by atoms with van der Waals surface area (Å²) in [5, 5.41) is 24.9. The highest BCUT2D eigenvalue weighted by atomic mass is 16.5. The van der Waals surface area contributed by atoms with E-state index in [4.69, 9.17) is 14.8 Å². The van der Waals surface area contributed by atoms with Crippen molar-refractivity contribution in [2.45, 2.75) is 76.5 Å². The van der Waals surface area contributed by atoms with Gasteiger partial charge < -0.3 is 25.8 Å². The number of aryl methyl sites for hydroxylation is 1. The van der Waals surface area contributed by atoms with Crippen LogP contribution in [0.15, 0.2) is 30.5 Å². The first kappa shape index (κ1) is 25.1. The molecule has 3 heterocycles. The van der Waals surface area contributed by atoms with Crippen LogP contribution in [-0.4, -0.2) is 63.6 Å². The number of aliphatic hydroxyl groups excluding tert-OH is 1. The second-order valence-electron chi connectivity index (χ2n) is 11.2. The van der Waals surface area contributed by atoms with E-state index in [1.165, 1.54) is 0 Å². The molecule has 1 saturated heterocycles. The number of benzene rings is 1. The Morgan fingerprint density at radius 3 is 2.58 bits per heavy atom. The molecule has 2 aliphatic carbocycles. The molecule has 0 bridgehead atoms. The molecule has 2 saturated carbocycles. The van der Waals surface area contributed by atoms with Crippen molar-refractivity contribution in [2.75, 3.05) is 30.4 Å². The number of anilines is 2. The monoisotopic (exact) mass is 518 g/mol. The van der Waals surface area contributed by atoms with Crippen LogP contribution in [0.2, 0.25) is 0 Å². The summed E-state index contributed by atoms with van der Waals surface area (Å²) >= 11 is 0. The third-order valence-corrected chi connectivity index (χ3v) is 8.13. The van der Waals surface area contributed by atoms with Crippen molar-refractivity contribution in [3.8, 4) is 11.1 Å². The minimum Gasteiger partial charge on any atom is -0.393 e. The molecule has 2 aromatic heterocycles. The van der Waals surface area contributed by atoms with Crippen LogP contribution in [0.3, 0.4) is 0 Å². The summed E-state index contributed by atoms with van der Waals surface area (Å²) in [7, 11) is 0. The Morgan fingerprint density at radius 1 is 1.05 bits per heavy atom. The number of ether oxygens (including phenoxy) is 1. The van der Waals surface area contributed by atoms with Gasteiger partial charge in [0.05, 0.1) is 12.3 Å². The highest BCUT2D eigenvalue weighted by Crippen LogP contribution is 2.31. The van der Waals surface area contributed by atoms with Crippen LogP contribution >= 0.6 is 0 Å². The number of carbonyl (C=O) groups is 1. The molecule has 3 aliphatic rings. The molecule has 0 unspecified atom stereocenters. The fourth-order valence-electron chi connectivity index (χ4n) is 5.59. The van der Waals surface area contributed by atoms with Gasteiger partial charge in [0.2, 0.25) is 0 Å². The fraction of sp³-hybridized carbons (Fsp3) is 0.552. The highest BCUT2D eigenvalue weighted by Gasteiger charge is 2.25. The molecule has 1 amide bonds. The molecule has 3 fully saturated rings. The zero-order valence-electron chi connectivity index (χ0n) is 22.1. The predicted molar refractivity (Wildman–Crippen MR) is 148 cm³/mol. The van der Waals surface area contributed by atoms with Crippen molar-refractivity contribution < 1.29 is 14.6 Å². The van der Waals surface area contributed by atoms with Gasteiger partial charge in [-0.2, -0.15) is 9.61 Å². The maximum atomic E-state index is 12.6. The van der Waals surface area contributed by atoms with Crippen molar-refractivity contribution in [2.24, 2.45) is 5.92 Å². The lowest BCUT2D eigenvalue weighted by Crippen LogP contribution is -2.28. The van der Waals surface area contributed by atoms with E-state index < -0.39 is 0 Å². The summed E-state index contributed by atoms with van der Waals surface area (Å²) in [6.07, 6.45) is 9.55. The van der Waals surface area contributed by atoms with Gasteiger partial charge in [0.15, 0.2) is 5.65 Å². The van der Waals surface area contributed by atoms with Crippen molar-refractivity contribution in [3.05, 3.63) is 41.6 Å². The Kier molecular flexibility index (Phi) is 7.21. The number of fused-ring (bicyclic) bond motifs is 1. The molecule has 3 aromatic rings. The van der Waals surface area contributed by atoms with E-state index in [0.29, 0.717) is 23.6 Å². The van der Waals surface area contributed by atoms with Crippen LogP contribution in [0.4, 0.5) is 11.6 Å². The number of rotatable bonds is 8. The zero-order chi connectivity index (χ0) is 26.1. The molecule has 9 heteroatoms. The van der Waals surface area contributed by atoms with Gasteiger partial charge in [0, 0.05) is 49.0 Å². The number of hydrogen-bond acceptors (Lipinski definition) is 7. The van der Waals surface area contributed by atoms with E-state index in [-0.39, 0.29) is 12.0 Å². The molecule has 1 aliphatic heterocycles. The molecule has 9 nitrogen and oxygen atoms in total. The summed E-state index contributed by atoms with van der Waals surface area (Å²) in [4.78, 5) is 17.6. The molecule has 0 radical (unpaired) electrons. The normalized spacial score (nSPS) is 22.4. The Labute approximate surface area is 223 Å². The number of amides is 1. The molecule has 0 atom stereocenters. The number of aliphatic hydroxyl groups is 1. The predicted octanol–water partition coefficient (Wildman–Crippen LogP) is 4.15. The Morgan fingerprint density at radius 2 is 1.84 bits per heavy atom. The largest absolute Gasteiger partial charge is 0.393 e. The van der Waals surface area contributed by atoms with Gasteiger partial charge in [0.1, 0.15) is 11.6 Å². The molecular weight excluding hydrogens is 480 g/mol. The molecule has 1 aromatic carbocycles. The Hall–Kier alpha value is -3.17. The maximum Gasteiger partial charge on any atom is 0.251 e. The SMILES string of the molecule is Cc1cc(-c2cnn3c(NC[C@H]4CC[C@H](O)CC4)cc(NC4CCOCC4)nc23)ccc1C(=O)NC1CC1. The van der Waals surface area contributed by atoms with Crippen LogP contribution in [0, 0.1) is 12.8 Å².